The van der Waals surface area contributed by atoms with Crippen molar-refractivity contribution in [1.82, 2.24) is 10.2 Å². The summed E-state index contributed by atoms with van der Waals surface area (Å²) in [5, 5.41) is 4.55. The first-order valence-corrected chi connectivity index (χ1v) is 26.5. The van der Waals surface area contributed by atoms with Crippen LogP contribution in [-0.2, 0) is 0 Å². The Morgan fingerprint density at radius 1 is 0.742 bits per heavy atom. The van der Waals surface area contributed by atoms with Crippen molar-refractivity contribution in [3.8, 4) is 0 Å². The van der Waals surface area contributed by atoms with Gasteiger partial charge in [-0.15, -0.1) is 0 Å². The summed E-state index contributed by atoms with van der Waals surface area (Å²) in [6.07, 6.45) is 61.7. The Morgan fingerprint density at radius 3 is 2.44 bits per heavy atom. The van der Waals surface area contributed by atoms with Crippen LogP contribution in [0.15, 0.2) is 119 Å². The Morgan fingerprint density at radius 2 is 1.65 bits per heavy atom. The molecule has 2 saturated carbocycles. The summed E-state index contributed by atoms with van der Waals surface area (Å²) in [6, 6.07) is 1.62. The van der Waals surface area contributed by atoms with Crippen LogP contribution in [0.2, 0.25) is 0 Å². The monoisotopic (exact) mass is 833 g/mol. The molecular weight excluding hydrogens is 749 g/mol. The first-order valence-electron chi connectivity index (χ1n) is 26.5. The molecule has 14 atom stereocenters. The Hall–Kier alpha value is -2.84. The average molecular weight is 833 g/mol. The summed E-state index contributed by atoms with van der Waals surface area (Å²) in [7, 11) is 0. The van der Waals surface area contributed by atoms with Crippen molar-refractivity contribution in [2.75, 3.05) is 0 Å². The second-order valence-corrected chi connectivity index (χ2v) is 23.7. The molecule has 62 heavy (non-hydrogen) atoms. The van der Waals surface area contributed by atoms with Crippen molar-refractivity contribution >= 4 is 0 Å². The molecule has 0 saturated heterocycles. The van der Waals surface area contributed by atoms with Crippen LogP contribution in [0.25, 0.3) is 0 Å². The SMILES string of the molecule is CC1C=C(C2C=CCCC2NC2CC(C3C=CC=CC3)CC(C)(C3(C)C=CCCC3)C2C)C=C(C2=CCC3C4=C(C=CCC4)N(C4(C)CCC(C5=CCCCC5)C(C)C4)C3C2)C1. The summed E-state index contributed by atoms with van der Waals surface area (Å²) < 4.78 is 0. The number of fused-ring (bicyclic) bond motifs is 2. The minimum atomic E-state index is 0.236. The normalized spacial score (nSPS) is 44.4. The fourth-order valence-electron chi connectivity index (χ4n) is 16.2. The molecule has 334 valence electrons. The predicted molar refractivity (Wildman–Crippen MR) is 263 cm³/mol. The maximum absolute atomic E-state index is 4.55. The van der Waals surface area contributed by atoms with Crippen LogP contribution in [0.4, 0.5) is 0 Å². The summed E-state index contributed by atoms with van der Waals surface area (Å²) in [6.45, 7) is 15.8. The van der Waals surface area contributed by atoms with E-state index in [0.717, 1.165) is 17.8 Å². The topological polar surface area (TPSA) is 15.3 Å². The number of nitrogens with zero attached hydrogens (tertiary/aromatic N) is 1. The molecule has 2 heteroatoms. The van der Waals surface area contributed by atoms with Gasteiger partial charge in [0.25, 0.3) is 0 Å². The van der Waals surface area contributed by atoms with Crippen molar-refractivity contribution in [3.63, 3.8) is 0 Å². The third-order valence-corrected chi connectivity index (χ3v) is 19.9. The number of nitrogens with one attached hydrogen (secondary N) is 1. The standard InChI is InChI=1S/C60H84N2/c1-41-34-47(46-28-29-53-52-25-15-17-27-56(52)62(57(53)38-46)59(5)33-30-50(42(2)39-59)45-22-12-8-13-23-45)36-48(35-41)51-24-14-16-26-54(51)61-55-37-49(44-20-10-7-11-21-44)40-60(6,43(55)3)58(4)31-18-9-19-32-58/h7,10-11,14,17-18,20,22,24,27-28,31,35-36,41-44,49-51,53-55,57,61H,8-9,12-13,15-16,19,21,23,25-26,29-30,32-34,37-40H2,1-6H3. The van der Waals surface area contributed by atoms with E-state index in [1.165, 1.54) is 128 Å². The zero-order valence-electron chi connectivity index (χ0n) is 40.0. The summed E-state index contributed by atoms with van der Waals surface area (Å²) in [5.41, 5.74) is 11.0. The molecule has 1 N–H and O–H groups in total. The van der Waals surface area contributed by atoms with E-state index < -0.39 is 0 Å². The van der Waals surface area contributed by atoms with Crippen LogP contribution in [0.1, 0.15) is 170 Å². The Kier molecular flexibility index (Phi) is 12.2. The van der Waals surface area contributed by atoms with E-state index in [2.05, 4.69) is 137 Å². The van der Waals surface area contributed by atoms with Gasteiger partial charge < -0.3 is 10.2 Å². The van der Waals surface area contributed by atoms with Gasteiger partial charge in [0, 0.05) is 41.2 Å². The van der Waals surface area contributed by atoms with E-state index in [9.17, 15) is 0 Å². The molecule has 0 aromatic rings. The molecule has 2 fully saturated rings. The minimum Gasteiger partial charge on any atom is -0.362 e. The molecule has 10 rings (SSSR count). The molecule has 0 radical (unpaired) electrons. The largest absolute Gasteiger partial charge is 0.362 e. The first kappa shape index (κ1) is 43.1. The minimum absolute atomic E-state index is 0.236. The van der Waals surface area contributed by atoms with Gasteiger partial charge in [-0.1, -0.05) is 119 Å². The van der Waals surface area contributed by atoms with Crippen molar-refractivity contribution < 1.29 is 0 Å². The Bertz CT molecular complexity index is 2010. The lowest BCUT2D eigenvalue weighted by Gasteiger charge is -2.58. The van der Waals surface area contributed by atoms with Gasteiger partial charge in [0.2, 0.25) is 0 Å². The lowest BCUT2D eigenvalue weighted by atomic mass is 9.48. The first-order chi connectivity index (χ1) is 30.0. The second kappa shape index (κ2) is 17.5. The number of hydrogen-bond acceptors (Lipinski definition) is 2. The Labute approximate surface area is 379 Å². The average Bonchev–Trinajstić information content (AvgIpc) is 3.63. The van der Waals surface area contributed by atoms with E-state index >= 15 is 0 Å². The molecule has 1 aliphatic heterocycles. The van der Waals surface area contributed by atoms with Crippen LogP contribution >= 0.6 is 0 Å². The highest BCUT2D eigenvalue weighted by Gasteiger charge is 2.55. The molecule has 0 aromatic carbocycles. The number of hydrogen-bond donors (Lipinski definition) is 1. The quantitative estimate of drug-likeness (QED) is 0.245. The van der Waals surface area contributed by atoms with Gasteiger partial charge in [-0.2, -0.15) is 0 Å². The van der Waals surface area contributed by atoms with Crippen molar-refractivity contribution in [1.29, 1.82) is 0 Å². The lowest BCUT2D eigenvalue weighted by molar-refractivity contribution is -0.0494. The molecular formula is C60H84N2. The van der Waals surface area contributed by atoms with Gasteiger partial charge in [0.15, 0.2) is 0 Å². The van der Waals surface area contributed by atoms with Gasteiger partial charge in [-0.05, 0) is 210 Å². The Balaban J connectivity index is 0.896. The summed E-state index contributed by atoms with van der Waals surface area (Å²) in [5.74, 6) is 5.28. The van der Waals surface area contributed by atoms with Crippen molar-refractivity contribution in [2.45, 2.75) is 194 Å². The van der Waals surface area contributed by atoms with Gasteiger partial charge in [-0.3, -0.25) is 0 Å². The van der Waals surface area contributed by atoms with Crippen LogP contribution < -0.4 is 5.32 Å². The van der Waals surface area contributed by atoms with E-state index in [1.54, 1.807) is 28.0 Å². The fourth-order valence-corrected chi connectivity index (χ4v) is 16.2. The van der Waals surface area contributed by atoms with E-state index in [-0.39, 0.29) is 16.4 Å². The molecule has 0 aromatic heterocycles. The zero-order valence-corrected chi connectivity index (χ0v) is 40.0. The molecule has 10 aliphatic rings. The highest BCUT2D eigenvalue weighted by Crippen LogP contribution is 2.60. The van der Waals surface area contributed by atoms with Gasteiger partial charge in [-0.25, -0.2) is 0 Å². The van der Waals surface area contributed by atoms with E-state index in [0.29, 0.717) is 47.7 Å². The molecule has 0 bridgehead atoms. The highest BCUT2D eigenvalue weighted by atomic mass is 15.3. The van der Waals surface area contributed by atoms with Crippen LogP contribution in [-0.4, -0.2) is 28.6 Å². The fraction of sp³-hybridized carbons (Fsp3) is 0.667. The molecule has 9 aliphatic carbocycles. The third kappa shape index (κ3) is 7.89. The third-order valence-electron chi connectivity index (χ3n) is 19.9. The molecule has 0 spiro atoms. The smallest absolute Gasteiger partial charge is 0.0405 e. The summed E-state index contributed by atoms with van der Waals surface area (Å²) in [4.78, 5) is 3.07. The van der Waals surface area contributed by atoms with Gasteiger partial charge in [0.05, 0.1) is 0 Å². The van der Waals surface area contributed by atoms with E-state index in [4.69, 9.17) is 0 Å². The van der Waals surface area contributed by atoms with Crippen LogP contribution in [0, 0.1) is 58.2 Å². The molecule has 2 nitrogen and oxygen atoms in total. The molecule has 1 heterocycles. The van der Waals surface area contributed by atoms with Crippen LogP contribution in [0.3, 0.4) is 0 Å². The maximum Gasteiger partial charge on any atom is 0.0405 e. The van der Waals surface area contributed by atoms with Crippen molar-refractivity contribution in [2.24, 2.45) is 58.2 Å². The summed E-state index contributed by atoms with van der Waals surface area (Å²) >= 11 is 0. The predicted octanol–water partition coefficient (Wildman–Crippen LogP) is 15.4. The van der Waals surface area contributed by atoms with Crippen LogP contribution in [0.5, 0.6) is 0 Å². The maximum atomic E-state index is 4.55. The molecule has 14 unspecified atom stereocenters. The molecule has 0 amide bonds. The highest BCUT2D eigenvalue weighted by molar-refractivity contribution is 5.48. The van der Waals surface area contributed by atoms with Gasteiger partial charge in [0.1, 0.15) is 0 Å². The number of allylic oxidation sites excluding steroid dienone is 15. The van der Waals surface area contributed by atoms with Crippen molar-refractivity contribution in [3.05, 3.63) is 119 Å². The number of rotatable bonds is 8. The lowest BCUT2D eigenvalue weighted by Crippen LogP contribution is -2.58. The van der Waals surface area contributed by atoms with E-state index in [1.807, 2.05) is 5.57 Å². The zero-order chi connectivity index (χ0) is 42.6. The van der Waals surface area contributed by atoms with Gasteiger partial charge >= 0.3 is 0 Å². The second-order valence-electron chi connectivity index (χ2n) is 23.7.